The molecule has 4 atom stereocenters. The third-order valence-electron chi connectivity index (χ3n) is 11.7. The lowest BCUT2D eigenvalue weighted by molar-refractivity contribution is -0.135. The van der Waals surface area contributed by atoms with Gasteiger partial charge in [0.05, 0.1) is 50.1 Å². The molecule has 0 radical (unpaired) electrons. The minimum Gasteiger partial charge on any atom is -0.453 e. The van der Waals surface area contributed by atoms with E-state index in [0.717, 1.165) is 53.8 Å². The van der Waals surface area contributed by atoms with E-state index in [1.807, 2.05) is 91.0 Å². The van der Waals surface area contributed by atoms with E-state index >= 15 is 0 Å². The minimum atomic E-state index is -0.905. The van der Waals surface area contributed by atoms with E-state index in [2.05, 4.69) is 20.6 Å². The molecule has 4 N–H and O–H groups in total. The number of hydrogen-bond donors (Lipinski definition) is 4. The Bertz CT molecular complexity index is 2750. The molecule has 9 rings (SSSR count). The standard InChI is InChI=1S/C47H45N9O7/c1-61-46(59)53-39(29-11-5-3-6-12-29)44(57)55-23-9-15-36(55)41-48-26-34(50-41)28-17-19-31(20-18-28)43-52-33-25-32(21-22-38(33)63-43)35-27-49-42(51-35)37-16-10-24-56(37)45(58)40(54-47(60)62-2)30-13-7-4-8-14-30/h3-8,11-14,17-22,25-27,36-37,39-40H,9-10,15-16,23-24H2,1-2H3,(H,48,50)(H,49,51)(H,53,59)(H,54,60). The number of benzene rings is 4. The van der Waals surface area contributed by atoms with Crippen molar-refractivity contribution in [3.05, 3.63) is 138 Å². The number of aromatic amines is 2. The van der Waals surface area contributed by atoms with Crippen molar-refractivity contribution in [3.63, 3.8) is 0 Å². The van der Waals surface area contributed by atoms with Gasteiger partial charge in [-0.2, -0.15) is 0 Å². The van der Waals surface area contributed by atoms with Gasteiger partial charge in [-0.15, -0.1) is 0 Å². The predicted molar refractivity (Wildman–Crippen MR) is 231 cm³/mol. The fraction of sp³-hybridized carbons (Fsp3) is 0.255. The number of amides is 4. The number of imidazole rings is 2. The number of aromatic nitrogens is 5. The highest BCUT2D eigenvalue weighted by molar-refractivity contribution is 5.88. The molecule has 5 heterocycles. The monoisotopic (exact) mass is 847 g/mol. The van der Waals surface area contributed by atoms with Crippen LogP contribution < -0.4 is 10.6 Å². The van der Waals surface area contributed by atoms with Gasteiger partial charge >= 0.3 is 12.2 Å². The first kappa shape index (κ1) is 40.6. The van der Waals surface area contributed by atoms with Gasteiger partial charge in [-0.25, -0.2) is 24.5 Å². The van der Waals surface area contributed by atoms with E-state index in [4.69, 9.17) is 28.8 Å². The highest BCUT2D eigenvalue weighted by atomic mass is 16.5. The Morgan fingerprint density at radius 2 is 1.13 bits per heavy atom. The zero-order valence-electron chi connectivity index (χ0n) is 34.6. The predicted octanol–water partition coefficient (Wildman–Crippen LogP) is 7.80. The number of methoxy groups -OCH3 is 2. The number of hydrogen-bond acceptors (Lipinski definition) is 10. The molecule has 2 aliphatic heterocycles. The number of alkyl carbamates (subject to hydrolysis) is 2. The number of carbonyl (C=O) groups is 4. The van der Waals surface area contributed by atoms with Crippen molar-refractivity contribution in [1.82, 2.24) is 45.4 Å². The Kier molecular flexibility index (Phi) is 11.4. The van der Waals surface area contributed by atoms with E-state index in [9.17, 15) is 19.2 Å². The van der Waals surface area contributed by atoms with Crippen molar-refractivity contribution >= 4 is 35.1 Å². The smallest absolute Gasteiger partial charge is 0.407 e. The summed E-state index contributed by atoms with van der Waals surface area (Å²) in [6, 6.07) is 29.4. The highest BCUT2D eigenvalue weighted by Crippen LogP contribution is 2.37. The first-order valence-corrected chi connectivity index (χ1v) is 20.8. The lowest BCUT2D eigenvalue weighted by Crippen LogP contribution is -2.42. The maximum atomic E-state index is 14.0. The van der Waals surface area contributed by atoms with Crippen molar-refractivity contribution in [1.29, 1.82) is 0 Å². The molecule has 16 heteroatoms. The van der Waals surface area contributed by atoms with Gasteiger partial charge in [-0.1, -0.05) is 72.8 Å². The van der Waals surface area contributed by atoms with E-state index in [1.54, 1.807) is 34.3 Å². The van der Waals surface area contributed by atoms with Gasteiger partial charge in [-0.3, -0.25) is 9.59 Å². The van der Waals surface area contributed by atoms with E-state index in [-0.39, 0.29) is 23.9 Å². The Labute approximate surface area is 362 Å². The molecule has 0 saturated carbocycles. The summed E-state index contributed by atoms with van der Waals surface area (Å²) in [6.07, 6.45) is 5.19. The maximum Gasteiger partial charge on any atom is 0.407 e. The molecule has 0 spiro atoms. The van der Waals surface area contributed by atoms with Gasteiger partial charge in [0, 0.05) is 24.2 Å². The van der Waals surface area contributed by atoms with Crippen LogP contribution in [0.4, 0.5) is 9.59 Å². The van der Waals surface area contributed by atoms with Gasteiger partial charge in [0.25, 0.3) is 11.8 Å². The summed E-state index contributed by atoms with van der Waals surface area (Å²) >= 11 is 0. The average Bonchev–Trinajstić information content (AvgIpc) is 4.19. The third-order valence-corrected chi connectivity index (χ3v) is 11.7. The highest BCUT2D eigenvalue weighted by Gasteiger charge is 2.38. The molecule has 7 aromatic rings. The van der Waals surface area contributed by atoms with Crippen LogP contribution in [-0.4, -0.2) is 86.0 Å². The molecule has 4 amide bonds. The summed E-state index contributed by atoms with van der Waals surface area (Å²) < 4.78 is 15.8. The number of nitrogens with one attached hydrogen (secondary N) is 4. The van der Waals surface area contributed by atoms with Crippen LogP contribution in [0.15, 0.2) is 120 Å². The van der Waals surface area contributed by atoms with Gasteiger partial charge in [0.15, 0.2) is 5.58 Å². The summed E-state index contributed by atoms with van der Waals surface area (Å²) in [5.41, 5.74) is 6.73. The number of ether oxygens (including phenoxy) is 2. The van der Waals surface area contributed by atoms with E-state index in [1.165, 1.54) is 14.2 Å². The summed E-state index contributed by atoms with van der Waals surface area (Å²) in [7, 11) is 2.54. The minimum absolute atomic E-state index is 0.231. The fourth-order valence-corrected chi connectivity index (χ4v) is 8.50. The van der Waals surface area contributed by atoms with Crippen LogP contribution in [-0.2, 0) is 19.1 Å². The van der Waals surface area contributed by atoms with Gasteiger partial charge < -0.3 is 44.3 Å². The molecule has 320 valence electrons. The first-order chi connectivity index (χ1) is 30.8. The van der Waals surface area contributed by atoms with Crippen molar-refractivity contribution in [2.45, 2.75) is 49.9 Å². The van der Waals surface area contributed by atoms with Crippen LogP contribution in [0, 0.1) is 0 Å². The summed E-state index contributed by atoms with van der Waals surface area (Å²) in [5.74, 6) is 1.32. The van der Waals surface area contributed by atoms with Crippen molar-refractivity contribution < 1.29 is 33.1 Å². The molecule has 4 unspecified atom stereocenters. The van der Waals surface area contributed by atoms with Gasteiger partial charge in [-0.05, 0) is 72.7 Å². The molecule has 3 aromatic heterocycles. The van der Waals surface area contributed by atoms with Crippen LogP contribution in [0.25, 0.3) is 45.1 Å². The molecular weight excluding hydrogens is 803 g/mol. The number of carbonyl (C=O) groups excluding carboxylic acids is 4. The van der Waals surface area contributed by atoms with Crippen LogP contribution in [0.2, 0.25) is 0 Å². The number of likely N-dealkylation sites (tertiary alicyclic amines) is 2. The SMILES string of the molecule is COC(=O)NC(C(=O)N1CCCC1c1ncc(-c2ccc(-c3nc4cc(-c5cnc(C6CCCN6C(=O)C(NC(=O)OC)c6ccccc6)[nH]5)ccc4o3)cc2)[nH]1)c1ccccc1. The zero-order chi connectivity index (χ0) is 43.5. The Morgan fingerprint density at radius 1 is 0.651 bits per heavy atom. The maximum absolute atomic E-state index is 14.0. The molecule has 2 saturated heterocycles. The Hall–Kier alpha value is -7.75. The summed E-state index contributed by atoms with van der Waals surface area (Å²) in [6.45, 7) is 1.06. The van der Waals surface area contributed by atoms with Crippen LogP contribution in [0.5, 0.6) is 0 Å². The molecule has 0 aliphatic carbocycles. The molecule has 16 nitrogen and oxygen atoms in total. The number of rotatable bonds is 11. The van der Waals surface area contributed by atoms with Crippen LogP contribution in [0.3, 0.4) is 0 Å². The lowest BCUT2D eigenvalue weighted by Gasteiger charge is -2.28. The molecule has 2 fully saturated rings. The zero-order valence-corrected chi connectivity index (χ0v) is 34.6. The van der Waals surface area contributed by atoms with Gasteiger partial charge in [0.1, 0.15) is 29.2 Å². The normalized spacial score (nSPS) is 17.0. The Morgan fingerprint density at radius 3 is 1.63 bits per heavy atom. The largest absolute Gasteiger partial charge is 0.453 e. The second-order valence-electron chi connectivity index (χ2n) is 15.5. The van der Waals surface area contributed by atoms with E-state index in [0.29, 0.717) is 52.9 Å². The van der Waals surface area contributed by atoms with Crippen molar-refractivity contribution in [3.8, 4) is 34.0 Å². The first-order valence-electron chi connectivity index (χ1n) is 20.8. The van der Waals surface area contributed by atoms with E-state index < -0.39 is 24.3 Å². The second-order valence-corrected chi connectivity index (χ2v) is 15.5. The fourth-order valence-electron chi connectivity index (χ4n) is 8.50. The average molecular weight is 848 g/mol. The number of oxazole rings is 1. The quantitative estimate of drug-likeness (QED) is 0.0996. The number of nitrogens with zero attached hydrogens (tertiary/aromatic N) is 5. The lowest BCUT2D eigenvalue weighted by atomic mass is 10.1. The Balaban J connectivity index is 0.884. The topological polar surface area (TPSA) is 201 Å². The van der Waals surface area contributed by atoms with Crippen LogP contribution in [0.1, 0.15) is 72.6 Å². The summed E-state index contributed by atoms with van der Waals surface area (Å²) in [4.78, 5) is 77.0. The van der Waals surface area contributed by atoms with Gasteiger partial charge in [0.2, 0.25) is 5.89 Å². The molecular formula is C47H45N9O7. The number of fused-ring (bicyclic) bond motifs is 1. The molecule has 0 bridgehead atoms. The summed E-state index contributed by atoms with van der Waals surface area (Å²) in [5, 5.41) is 5.41. The molecule has 2 aliphatic rings. The van der Waals surface area contributed by atoms with Crippen LogP contribution >= 0.6 is 0 Å². The molecule has 4 aromatic carbocycles. The second kappa shape index (κ2) is 17.7. The third kappa shape index (κ3) is 8.34. The molecule has 63 heavy (non-hydrogen) atoms. The number of H-pyrrole nitrogens is 2. The van der Waals surface area contributed by atoms with Crippen molar-refractivity contribution in [2.24, 2.45) is 0 Å². The van der Waals surface area contributed by atoms with Crippen molar-refractivity contribution in [2.75, 3.05) is 27.3 Å².